The Balaban J connectivity index is 2.35. The number of rotatable bonds is 5. The number of carbonyl (C=O) groups is 1. The van der Waals surface area contributed by atoms with Gasteiger partial charge in [-0.1, -0.05) is 19.3 Å². The van der Waals surface area contributed by atoms with Gasteiger partial charge in [0, 0.05) is 13.0 Å². The van der Waals surface area contributed by atoms with Crippen LogP contribution in [0, 0.1) is 5.92 Å². The van der Waals surface area contributed by atoms with Gasteiger partial charge in [0.2, 0.25) is 0 Å². The van der Waals surface area contributed by atoms with Crippen LogP contribution in [0.1, 0.15) is 46.5 Å². The molecule has 1 rings (SSSR count). The molecule has 0 amide bonds. The van der Waals surface area contributed by atoms with Crippen LogP contribution in [0.15, 0.2) is 0 Å². The van der Waals surface area contributed by atoms with Gasteiger partial charge in [-0.25, -0.2) is 0 Å². The highest BCUT2D eigenvalue weighted by atomic mass is 16.5. The Hall–Kier alpha value is -0.370. The summed E-state index contributed by atoms with van der Waals surface area (Å²) in [6, 6.07) is 0. The molecular weight excluding hydrogens is 164 g/mol. The van der Waals surface area contributed by atoms with Crippen molar-refractivity contribution in [3.8, 4) is 0 Å². The van der Waals surface area contributed by atoms with Crippen molar-refractivity contribution in [2.45, 2.75) is 52.1 Å². The molecule has 1 aliphatic carbocycles. The normalized spacial score (nSPS) is 18.4. The van der Waals surface area contributed by atoms with Gasteiger partial charge < -0.3 is 4.74 Å². The fourth-order valence-corrected chi connectivity index (χ4v) is 1.65. The van der Waals surface area contributed by atoms with Crippen LogP contribution < -0.4 is 0 Å². The molecule has 0 aromatic rings. The van der Waals surface area contributed by atoms with Crippen LogP contribution in [0.3, 0.4) is 0 Å². The van der Waals surface area contributed by atoms with Crippen LogP contribution in [-0.2, 0) is 9.53 Å². The van der Waals surface area contributed by atoms with Gasteiger partial charge in [0.25, 0.3) is 0 Å². The SMILES string of the molecule is CCOC(C)(C)C(=O)CC1CCC1. The van der Waals surface area contributed by atoms with E-state index in [2.05, 4.69) is 0 Å². The Morgan fingerprint density at radius 1 is 1.46 bits per heavy atom. The summed E-state index contributed by atoms with van der Waals surface area (Å²) < 4.78 is 5.41. The summed E-state index contributed by atoms with van der Waals surface area (Å²) in [5.74, 6) is 0.909. The molecule has 0 aromatic heterocycles. The van der Waals surface area contributed by atoms with Crippen molar-refractivity contribution in [2.24, 2.45) is 5.92 Å². The third kappa shape index (κ3) is 2.80. The molecule has 76 valence electrons. The smallest absolute Gasteiger partial charge is 0.164 e. The molecule has 1 saturated carbocycles. The molecule has 2 heteroatoms. The van der Waals surface area contributed by atoms with Crippen molar-refractivity contribution in [3.05, 3.63) is 0 Å². The van der Waals surface area contributed by atoms with Crippen molar-refractivity contribution in [1.82, 2.24) is 0 Å². The molecule has 0 unspecified atom stereocenters. The Labute approximate surface area is 80.7 Å². The summed E-state index contributed by atoms with van der Waals surface area (Å²) >= 11 is 0. The predicted octanol–water partition coefficient (Wildman–Crippen LogP) is 2.56. The summed E-state index contributed by atoms with van der Waals surface area (Å²) in [5.41, 5.74) is -0.565. The van der Waals surface area contributed by atoms with Gasteiger partial charge in [0.05, 0.1) is 0 Å². The van der Waals surface area contributed by atoms with E-state index in [0.717, 1.165) is 0 Å². The molecule has 0 spiro atoms. The van der Waals surface area contributed by atoms with Gasteiger partial charge in [0.15, 0.2) is 5.78 Å². The second kappa shape index (κ2) is 4.23. The third-order valence-corrected chi connectivity index (χ3v) is 2.88. The summed E-state index contributed by atoms with van der Waals surface area (Å²) in [6.07, 6.45) is 4.47. The molecule has 1 fully saturated rings. The van der Waals surface area contributed by atoms with E-state index < -0.39 is 5.60 Å². The van der Waals surface area contributed by atoms with Gasteiger partial charge in [-0.3, -0.25) is 4.79 Å². The number of ketones is 1. The van der Waals surface area contributed by atoms with E-state index in [1.54, 1.807) is 0 Å². The molecule has 0 bridgehead atoms. The summed E-state index contributed by atoms with van der Waals surface area (Å²) in [4.78, 5) is 11.7. The third-order valence-electron chi connectivity index (χ3n) is 2.88. The van der Waals surface area contributed by atoms with Gasteiger partial charge in [-0.15, -0.1) is 0 Å². The Kier molecular flexibility index (Phi) is 3.48. The first-order valence-corrected chi connectivity index (χ1v) is 5.23. The molecular formula is C11H20O2. The molecule has 1 aliphatic rings. The van der Waals surface area contributed by atoms with Crippen molar-refractivity contribution in [2.75, 3.05) is 6.61 Å². The van der Waals surface area contributed by atoms with E-state index in [-0.39, 0.29) is 5.78 Å². The first-order valence-electron chi connectivity index (χ1n) is 5.23. The number of hydrogen-bond donors (Lipinski definition) is 0. The zero-order chi connectivity index (χ0) is 9.90. The number of carbonyl (C=O) groups excluding carboxylic acids is 1. The standard InChI is InChI=1S/C11H20O2/c1-4-13-11(2,3)10(12)8-9-6-5-7-9/h9H,4-8H2,1-3H3. The lowest BCUT2D eigenvalue weighted by atomic mass is 9.79. The Morgan fingerprint density at radius 2 is 2.08 bits per heavy atom. The molecule has 0 N–H and O–H groups in total. The Morgan fingerprint density at radius 3 is 2.46 bits per heavy atom. The summed E-state index contributed by atoms with van der Waals surface area (Å²) in [6.45, 7) is 6.29. The zero-order valence-corrected chi connectivity index (χ0v) is 8.93. The number of hydrogen-bond acceptors (Lipinski definition) is 2. The fourth-order valence-electron chi connectivity index (χ4n) is 1.65. The lowest BCUT2D eigenvalue weighted by molar-refractivity contribution is -0.141. The minimum absolute atomic E-state index is 0.263. The summed E-state index contributed by atoms with van der Waals surface area (Å²) in [7, 11) is 0. The minimum atomic E-state index is -0.565. The van der Waals surface area contributed by atoms with E-state index in [0.29, 0.717) is 18.9 Å². The maximum atomic E-state index is 11.7. The maximum absolute atomic E-state index is 11.7. The van der Waals surface area contributed by atoms with Gasteiger partial charge in [-0.05, 0) is 26.7 Å². The molecule has 0 radical (unpaired) electrons. The second-order valence-corrected chi connectivity index (χ2v) is 4.37. The van der Waals surface area contributed by atoms with E-state index in [9.17, 15) is 4.79 Å². The van der Waals surface area contributed by atoms with E-state index in [1.807, 2.05) is 20.8 Å². The van der Waals surface area contributed by atoms with Crippen molar-refractivity contribution in [3.63, 3.8) is 0 Å². The average Bonchev–Trinajstić information content (AvgIpc) is 1.96. The number of Topliss-reactive ketones (excluding diaryl/α,β-unsaturated/α-hetero) is 1. The van der Waals surface area contributed by atoms with E-state index in [4.69, 9.17) is 4.74 Å². The molecule has 0 atom stereocenters. The highest BCUT2D eigenvalue weighted by Crippen LogP contribution is 2.31. The largest absolute Gasteiger partial charge is 0.368 e. The van der Waals surface area contributed by atoms with Crippen LogP contribution in [-0.4, -0.2) is 18.0 Å². The monoisotopic (exact) mass is 184 g/mol. The highest BCUT2D eigenvalue weighted by molar-refractivity contribution is 5.86. The van der Waals surface area contributed by atoms with Crippen molar-refractivity contribution >= 4 is 5.78 Å². The first-order chi connectivity index (χ1) is 6.06. The van der Waals surface area contributed by atoms with Gasteiger partial charge >= 0.3 is 0 Å². The minimum Gasteiger partial charge on any atom is -0.368 e. The van der Waals surface area contributed by atoms with Crippen molar-refractivity contribution in [1.29, 1.82) is 0 Å². The van der Waals surface area contributed by atoms with Crippen LogP contribution in [0.4, 0.5) is 0 Å². The van der Waals surface area contributed by atoms with Gasteiger partial charge in [0.1, 0.15) is 5.60 Å². The molecule has 2 nitrogen and oxygen atoms in total. The highest BCUT2D eigenvalue weighted by Gasteiger charge is 2.31. The Bertz CT molecular complexity index is 181. The molecule has 0 saturated heterocycles. The first kappa shape index (κ1) is 10.7. The van der Waals surface area contributed by atoms with Crippen LogP contribution >= 0.6 is 0 Å². The molecule has 0 heterocycles. The van der Waals surface area contributed by atoms with E-state index >= 15 is 0 Å². The maximum Gasteiger partial charge on any atom is 0.164 e. The lowest BCUT2D eigenvalue weighted by Gasteiger charge is -2.29. The molecule has 13 heavy (non-hydrogen) atoms. The lowest BCUT2D eigenvalue weighted by Crippen LogP contribution is -2.37. The van der Waals surface area contributed by atoms with E-state index in [1.165, 1.54) is 19.3 Å². The van der Waals surface area contributed by atoms with Crippen LogP contribution in [0.25, 0.3) is 0 Å². The van der Waals surface area contributed by atoms with Gasteiger partial charge in [-0.2, -0.15) is 0 Å². The average molecular weight is 184 g/mol. The summed E-state index contributed by atoms with van der Waals surface area (Å²) in [5, 5.41) is 0. The number of ether oxygens (including phenoxy) is 1. The second-order valence-electron chi connectivity index (χ2n) is 4.37. The quantitative estimate of drug-likeness (QED) is 0.656. The van der Waals surface area contributed by atoms with Crippen molar-refractivity contribution < 1.29 is 9.53 Å². The fraction of sp³-hybridized carbons (Fsp3) is 0.909. The zero-order valence-electron chi connectivity index (χ0n) is 8.93. The molecule has 0 aliphatic heterocycles. The van der Waals surface area contributed by atoms with Crippen LogP contribution in [0.2, 0.25) is 0 Å². The molecule has 0 aromatic carbocycles. The van der Waals surface area contributed by atoms with Crippen LogP contribution in [0.5, 0.6) is 0 Å². The predicted molar refractivity (Wildman–Crippen MR) is 52.7 cm³/mol. The topological polar surface area (TPSA) is 26.3 Å².